The van der Waals surface area contributed by atoms with E-state index < -0.39 is 5.56 Å². The molecule has 7 nitrogen and oxygen atoms in total. The van der Waals surface area contributed by atoms with Crippen molar-refractivity contribution in [1.29, 1.82) is 0 Å². The molecule has 1 aromatic heterocycles. The third-order valence-corrected chi connectivity index (χ3v) is 3.79. The molecule has 3 N–H and O–H groups in total. The molecule has 1 aliphatic heterocycles. The second kappa shape index (κ2) is 8.53. The first kappa shape index (κ1) is 16.5. The first-order valence-electron chi connectivity index (χ1n) is 7.92. The van der Waals surface area contributed by atoms with Gasteiger partial charge in [-0.1, -0.05) is 6.42 Å². The van der Waals surface area contributed by atoms with E-state index in [9.17, 15) is 14.7 Å². The van der Waals surface area contributed by atoms with Gasteiger partial charge in [0.05, 0.1) is 6.07 Å². The molecule has 0 saturated carbocycles. The second-order valence-corrected chi connectivity index (χ2v) is 5.66. The standard InChI is InChI=1S/C15H24N4O3/c20-13(5-4-10-19-8-2-1-3-9-19)16-7-6-12-17-14(21)11-15(22)18-12/h11H,1-10H2,(H,16,20)(H2,17,18,21,22). The van der Waals surface area contributed by atoms with Gasteiger partial charge in [0.25, 0.3) is 5.56 Å². The number of carbonyl (C=O) groups excluding carboxylic acids is 1. The van der Waals surface area contributed by atoms with Gasteiger partial charge in [0.2, 0.25) is 11.8 Å². The van der Waals surface area contributed by atoms with Gasteiger partial charge in [-0.15, -0.1) is 0 Å². The smallest absolute Gasteiger partial charge is 0.254 e. The molecule has 1 amide bonds. The zero-order chi connectivity index (χ0) is 15.8. The Kier molecular flexibility index (Phi) is 6.39. The maximum absolute atomic E-state index is 11.7. The van der Waals surface area contributed by atoms with E-state index in [1.165, 1.54) is 19.3 Å². The van der Waals surface area contributed by atoms with E-state index in [2.05, 4.69) is 20.2 Å². The van der Waals surface area contributed by atoms with Crippen LogP contribution >= 0.6 is 0 Å². The Balaban J connectivity index is 1.60. The second-order valence-electron chi connectivity index (χ2n) is 5.66. The van der Waals surface area contributed by atoms with Gasteiger partial charge in [-0.3, -0.25) is 9.59 Å². The fraction of sp³-hybridized carbons (Fsp3) is 0.667. The van der Waals surface area contributed by atoms with Crippen molar-refractivity contribution >= 4 is 5.91 Å². The maximum atomic E-state index is 11.7. The number of likely N-dealkylation sites (tertiary alicyclic amines) is 1. The van der Waals surface area contributed by atoms with Gasteiger partial charge in [0.15, 0.2) is 0 Å². The topological polar surface area (TPSA) is 98.3 Å². The van der Waals surface area contributed by atoms with Crippen molar-refractivity contribution < 1.29 is 9.90 Å². The molecule has 1 saturated heterocycles. The van der Waals surface area contributed by atoms with Crippen LogP contribution in [0.1, 0.15) is 37.9 Å². The Morgan fingerprint density at radius 2 is 2.14 bits per heavy atom. The summed E-state index contributed by atoms with van der Waals surface area (Å²) in [5.74, 6) is 0.0877. The van der Waals surface area contributed by atoms with Crippen LogP contribution in [0.3, 0.4) is 0 Å². The van der Waals surface area contributed by atoms with Crippen molar-refractivity contribution in [1.82, 2.24) is 20.2 Å². The van der Waals surface area contributed by atoms with E-state index in [0.717, 1.165) is 32.1 Å². The molecule has 0 spiro atoms. The van der Waals surface area contributed by atoms with Crippen molar-refractivity contribution in [2.75, 3.05) is 26.2 Å². The van der Waals surface area contributed by atoms with Crippen LogP contribution in [0.5, 0.6) is 5.88 Å². The first-order chi connectivity index (χ1) is 10.6. The third-order valence-electron chi connectivity index (χ3n) is 3.79. The average molecular weight is 308 g/mol. The quantitative estimate of drug-likeness (QED) is 0.677. The van der Waals surface area contributed by atoms with Gasteiger partial charge >= 0.3 is 0 Å². The van der Waals surface area contributed by atoms with Crippen molar-refractivity contribution in [3.05, 3.63) is 22.2 Å². The number of nitrogens with one attached hydrogen (secondary N) is 2. The average Bonchev–Trinajstić information content (AvgIpc) is 2.47. The summed E-state index contributed by atoms with van der Waals surface area (Å²) in [7, 11) is 0. The fourth-order valence-electron chi connectivity index (χ4n) is 2.67. The van der Waals surface area contributed by atoms with E-state index in [0.29, 0.717) is 25.2 Å². The molecular formula is C15H24N4O3. The minimum atomic E-state index is -0.393. The molecule has 1 aliphatic rings. The summed E-state index contributed by atoms with van der Waals surface area (Å²) in [6.07, 6.45) is 5.62. The molecule has 22 heavy (non-hydrogen) atoms. The van der Waals surface area contributed by atoms with E-state index >= 15 is 0 Å². The number of H-pyrrole nitrogens is 1. The molecule has 2 rings (SSSR count). The zero-order valence-corrected chi connectivity index (χ0v) is 12.8. The highest BCUT2D eigenvalue weighted by atomic mass is 16.3. The van der Waals surface area contributed by atoms with Gasteiger partial charge in [0, 0.05) is 19.4 Å². The summed E-state index contributed by atoms with van der Waals surface area (Å²) in [6.45, 7) is 3.68. The predicted molar refractivity (Wildman–Crippen MR) is 82.8 cm³/mol. The Labute approximate surface area is 129 Å². The summed E-state index contributed by atoms with van der Waals surface area (Å²) >= 11 is 0. The maximum Gasteiger partial charge on any atom is 0.254 e. The first-order valence-corrected chi connectivity index (χ1v) is 7.92. The van der Waals surface area contributed by atoms with Crippen molar-refractivity contribution in [2.45, 2.75) is 38.5 Å². The van der Waals surface area contributed by atoms with Gasteiger partial charge in [-0.05, 0) is 38.9 Å². The van der Waals surface area contributed by atoms with Gasteiger partial charge in [-0.25, -0.2) is 4.98 Å². The molecule has 122 valence electrons. The minimum Gasteiger partial charge on any atom is -0.493 e. The predicted octanol–water partition coefficient (Wildman–Crippen LogP) is 0.400. The van der Waals surface area contributed by atoms with E-state index in [1.807, 2.05) is 0 Å². The molecule has 1 aromatic rings. The Morgan fingerprint density at radius 1 is 1.36 bits per heavy atom. The van der Waals surface area contributed by atoms with E-state index in [1.54, 1.807) is 0 Å². The highest BCUT2D eigenvalue weighted by molar-refractivity contribution is 5.75. The number of amides is 1. The molecule has 7 heteroatoms. The minimum absolute atomic E-state index is 0.0134. The van der Waals surface area contributed by atoms with Crippen LogP contribution in [0.15, 0.2) is 10.9 Å². The number of hydrogen-bond donors (Lipinski definition) is 3. The lowest BCUT2D eigenvalue weighted by atomic mass is 10.1. The van der Waals surface area contributed by atoms with Gasteiger partial charge in [0.1, 0.15) is 5.82 Å². The number of piperidine rings is 1. The van der Waals surface area contributed by atoms with Crippen molar-refractivity contribution in [2.24, 2.45) is 0 Å². The number of aromatic nitrogens is 2. The van der Waals surface area contributed by atoms with E-state index in [-0.39, 0.29) is 11.8 Å². The number of rotatable bonds is 7. The number of carbonyl (C=O) groups is 1. The molecule has 0 bridgehead atoms. The summed E-state index contributed by atoms with van der Waals surface area (Å²) in [5.41, 5.74) is -0.393. The van der Waals surface area contributed by atoms with E-state index in [4.69, 9.17) is 0 Å². The van der Waals surface area contributed by atoms with Crippen LogP contribution in [0.4, 0.5) is 0 Å². The summed E-state index contributed by atoms with van der Waals surface area (Å²) in [5, 5.41) is 12.0. The molecule has 0 atom stereocenters. The van der Waals surface area contributed by atoms with Crippen LogP contribution in [-0.2, 0) is 11.2 Å². The monoisotopic (exact) mass is 308 g/mol. The lowest BCUT2D eigenvalue weighted by Gasteiger charge is -2.26. The molecule has 0 radical (unpaired) electrons. The van der Waals surface area contributed by atoms with Crippen LogP contribution in [0, 0.1) is 0 Å². The normalized spacial score (nSPS) is 15.6. The molecule has 2 heterocycles. The van der Waals surface area contributed by atoms with Crippen molar-refractivity contribution in [3.8, 4) is 5.88 Å². The largest absolute Gasteiger partial charge is 0.493 e. The lowest BCUT2D eigenvalue weighted by molar-refractivity contribution is -0.121. The Hall–Kier alpha value is -1.89. The number of aromatic hydroxyl groups is 1. The van der Waals surface area contributed by atoms with Crippen LogP contribution < -0.4 is 10.9 Å². The number of aromatic amines is 1. The number of nitrogens with zero attached hydrogens (tertiary/aromatic N) is 2. The molecule has 0 unspecified atom stereocenters. The van der Waals surface area contributed by atoms with Gasteiger partial charge < -0.3 is 20.3 Å². The third kappa shape index (κ3) is 5.85. The molecule has 0 aliphatic carbocycles. The Bertz CT molecular complexity index is 538. The Morgan fingerprint density at radius 3 is 2.86 bits per heavy atom. The zero-order valence-electron chi connectivity index (χ0n) is 12.8. The molecule has 0 aromatic carbocycles. The van der Waals surface area contributed by atoms with Gasteiger partial charge in [-0.2, -0.15) is 0 Å². The highest BCUT2D eigenvalue weighted by Crippen LogP contribution is 2.09. The van der Waals surface area contributed by atoms with Crippen LogP contribution in [0.2, 0.25) is 0 Å². The molecular weight excluding hydrogens is 284 g/mol. The number of hydrogen-bond acceptors (Lipinski definition) is 5. The summed E-state index contributed by atoms with van der Waals surface area (Å²) in [6, 6.07) is 1.02. The molecule has 1 fully saturated rings. The van der Waals surface area contributed by atoms with Crippen LogP contribution in [0.25, 0.3) is 0 Å². The summed E-state index contributed by atoms with van der Waals surface area (Å²) < 4.78 is 0. The van der Waals surface area contributed by atoms with Crippen LogP contribution in [-0.4, -0.2) is 52.1 Å². The lowest BCUT2D eigenvalue weighted by Crippen LogP contribution is -2.32. The highest BCUT2D eigenvalue weighted by Gasteiger charge is 2.10. The fourth-order valence-corrected chi connectivity index (χ4v) is 2.67. The SMILES string of the molecule is O=C(CCCN1CCCCC1)NCCc1nc(O)cc(=O)[nH]1. The van der Waals surface area contributed by atoms with Crippen molar-refractivity contribution in [3.63, 3.8) is 0 Å². The summed E-state index contributed by atoms with van der Waals surface area (Å²) in [4.78, 5) is 31.6.